The van der Waals surface area contributed by atoms with Crippen molar-refractivity contribution in [2.24, 2.45) is 10.9 Å². The summed E-state index contributed by atoms with van der Waals surface area (Å²) in [5.74, 6) is -0.0643. The first-order valence-electron chi connectivity index (χ1n) is 4.48. The van der Waals surface area contributed by atoms with Gasteiger partial charge >= 0.3 is 0 Å². The highest BCUT2D eigenvalue weighted by Gasteiger charge is 2.17. The average molecular weight is 185 g/mol. The highest BCUT2D eigenvalue weighted by atomic mass is 16.4. The molecule has 0 atom stereocenters. The van der Waals surface area contributed by atoms with E-state index in [1.165, 1.54) is 6.42 Å². The zero-order chi connectivity index (χ0) is 9.68. The van der Waals surface area contributed by atoms with E-state index in [4.69, 9.17) is 10.9 Å². The number of nitrogens with zero attached hydrogens (tertiary/aromatic N) is 2. The molecule has 74 valence electrons. The quantitative estimate of drug-likeness (QED) is 0.278. The van der Waals surface area contributed by atoms with Crippen molar-refractivity contribution in [2.45, 2.75) is 25.7 Å². The topological polar surface area (TPSA) is 78.9 Å². The zero-order valence-corrected chi connectivity index (χ0v) is 7.57. The van der Waals surface area contributed by atoms with Crippen molar-refractivity contribution < 1.29 is 10.0 Å². The van der Waals surface area contributed by atoms with Crippen molar-refractivity contribution in [1.82, 2.24) is 4.90 Å². The lowest BCUT2D eigenvalue weighted by Crippen LogP contribution is -2.37. The van der Waals surface area contributed by atoms with Crippen LogP contribution in [0.3, 0.4) is 0 Å². The fourth-order valence-electron chi connectivity index (χ4n) is 1.45. The van der Waals surface area contributed by atoms with Gasteiger partial charge in [-0.3, -0.25) is 4.79 Å². The summed E-state index contributed by atoms with van der Waals surface area (Å²) < 4.78 is 0. The SMILES string of the molecule is N/C(CC(=O)N1CCCCC1)=N/O. The molecule has 1 heterocycles. The molecule has 5 nitrogen and oxygen atoms in total. The Kier molecular flexibility index (Phi) is 3.54. The monoisotopic (exact) mass is 185 g/mol. The lowest BCUT2D eigenvalue weighted by Gasteiger charge is -2.26. The Morgan fingerprint density at radius 1 is 1.38 bits per heavy atom. The van der Waals surface area contributed by atoms with Gasteiger partial charge in [0, 0.05) is 13.1 Å². The number of piperidine rings is 1. The third kappa shape index (κ3) is 2.93. The Morgan fingerprint density at radius 2 is 2.00 bits per heavy atom. The summed E-state index contributed by atoms with van der Waals surface area (Å²) in [4.78, 5) is 13.2. The second kappa shape index (κ2) is 4.69. The first kappa shape index (κ1) is 9.83. The lowest BCUT2D eigenvalue weighted by molar-refractivity contribution is -0.130. The summed E-state index contributed by atoms with van der Waals surface area (Å²) in [6, 6.07) is 0. The van der Waals surface area contributed by atoms with Crippen molar-refractivity contribution in [3.63, 3.8) is 0 Å². The highest BCUT2D eigenvalue weighted by molar-refractivity contribution is 5.98. The number of amides is 1. The molecule has 0 aromatic carbocycles. The maximum absolute atomic E-state index is 11.4. The van der Waals surface area contributed by atoms with Crippen molar-refractivity contribution in [3.05, 3.63) is 0 Å². The van der Waals surface area contributed by atoms with Gasteiger partial charge in [-0.2, -0.15) is 0 Å². The second-order valence-corrected chi connectivity index (χ2v) is 3.21. The van der Waals surface area contributed by atoms with E-state index in [9.17, 15) is 4.79 Å². The zero-order valence-electron chi connectivity index (χ0n) is 7.57. The number of amidine groups is 1. The maximum Gasteiger partial charge on any atom is 0.230 e. The van der Waals surface area contributed by atoms with Crippen LogP contribution in [-0.4, -0.2) is 34.9 Å². The van der Waals surface area contributed by atoms with Crippen LogP contribution in [0.15, 0.2) is 5.16 Å². The number of carbonyl (C=O) groups excluding carboxylic acids is 1. The molecule has 5 heteroatoms. The number of hydrogen-bond donors (Lipinski definition) is 2. The van der Waals surface area contributed by atoms with Gasteiger partial charge in [-0.25, -0.2) is 0 Å². The summed E-state index contributed by atoms with van der Waals surface area (Å²) >= 11 is 0. The van der Waals surface area contributed by atoms with Crippen LogP contribution in [0.2, 0.25) is 0 Å². The van der Waals surface area contributed by atoms with Gasteiger partial charge in [0.25, 0.3) is 0 Å². The van der Waals surface area contributed by atoms with Gasteiger partial charge in [-0.15, -0.1) is 0 Å². The van der Waals surface area contributed by atoms with Crippen LogP contribution < -0.4 is 5.73 Å². The predicted molar refractivity (Wildman–Crippen MR) is 48.5 cm³/mol. The molecular weight excluding hydrogens is 170 g/mol. The molecule has 0 aromatic rings. The van der Waals surface area contributed by atoms with Crippen molar-refractivity contribution >= 4 is 11.7 Å². The summed E-state index contributed by atoms with van der Waals surface area (Å²) in [7, 11) is 0. The number of carbonyl (C=O) groups is 1. The van der Waals surface area contributed by atoms with Gasteiger partial charge < -0.3 is 15.8 Å². The van der Waals surface area contributed by atoms with Crippen LogP contribution in [-0.2, 0) is 4.79 Å². The molecule has 0 aliphatic carbocycles. The summed E-state index contributed by atoms with van der Waals surface area (Å²) in [6.45, 7) is 1.61. The number of hydrogen-bond acceptors (Lipinski definition) is 3. The summed E-state index contributed by atoms with van der Waals surface area (Å²) in [5, 5.41) is 11.0. The minimum Gasteiger partial charge on any atom is -0.409 e. The van der Waals surface area contributed by atoms with Gasteiger partial charge in [-0.1, -0.05) is 5.16 Å². The molecule has 3 N–H and O–H groups in total. The molecular formula is C8H15N3O2. The van der Waals surface area contributed by atoms with Crippen molar-refractivity contribution in [3.8, 4) is 0 Å². The first-order chi connectivity index (χ1) is 6.24. The van der Waals surface area contributed by atoms with Gasteiger partial charge in [0.2, 0.25) is 5.91 Å². The van der Waals surface area contributed by atoms with Crippen LogP contribution in [0.1, 0.15) is 25.7 Å². The minimum atomic E-state index is -0.0463. The lowest BCUT2D eigenvalue weighted by atomic mass is 10.1. The normalized spacial score (nSPS) is 18.8. The standard InChI is InChI=1S/C8H15N3O2/c9-7(10-13)6-8(12)11-4-2-1-3-5-11/h13H,1-6H2,(H2,9,10). The number of oxime groups is 1. The maximum atomic E-state index is 11.4. The Hall–Kier alpha value is -1.26. The Labute approximate surface area is 77.2 Å². The predicted octanol–water partition coefficient (Wildman–Crippen LogP) is 0.135. The fraction of sp³-hybridized carbons (Fsp3) is 0.750. The second-order valence-electron chi connectivity index (χ2n) is 3.21. The molecule has 0 aromatic heterocycles. The molecule has 0 unspecified atom stereocenters. The Balaban J connectivity index is 2.37. The smallest absolute Gasteiger partial charge is 0.230 e. The third-order valence-electron chi connectivity index (χ3n) is 2.17. The Morgan fingerprint density at radius 3 is 2.54 bits per heavy atom. The molecule has 1 aliphatic rings. The van der Waals surface area contributed by atoms with Gasteiger partial charge in [-0.05, 0) is 19.3 Å². The van der Waals surface area contributed by atoms with Crippen LogP contribution in [0.4, 0.5) is 0 Å². The minimum absolute atomic E-state index is 0.0180. The van der Waals surface area contributed by atoms with E-state index in [1.54, 1.807) is 4.90 Å². The van der Waals surface area contributed by atoms with Crippen molar-refractivity contribution in [2.75, 3.05) is 13.1 Å². The number of rotatable bonds is 2. The summed E-state index contributed by atoms with van der Waals surface area (Å²) in [5.41, 5.74) is 5.23. The van der Waals surface area contributed by atoms with E-state index in [0.29, 0.717) is 0 Å². The highest BCUT2D eigenvalue weighted by Crippen LogP contribution is 2.09. The van der Waals surface area contributed by atoms with E-state index < -0.39 is 0 Å². The van der Waals surface area contributed by atoms with Gasteiger partial charge in [0.05, 0.1) is 6.42 Å². The van der Waals surface area contributed by atoms with E-state index in [0.717, 1.165) is 25.9 Å². The summed E-state index contributed by atoms with van der Waals surface area (Å²) in [6.07, 6.45) is 3.33. The van der Waals surface area contributed by atoms with Gasteiger partial charge in [0.1, 0.15) is 5.84 Å². The van der Waals surface area contributed by atoms with E-state index >= 15 is 0 Å². The van der Waals surface area contributed by atoms with Crippen molar-refractivity contribution in [1.29, 1.82) is 0 Å². The van der Waals surface area contributed by atoms with E-state index in [1.807, 2.05) is 0 Å². The fourth-order valence-corrected chi connectivity index (χ4v) is 1.45. The van der Waals surface area contributed by atoms with Gasteiger partial charge in [0.15, 0.2) is 0 Å². The van der Waals surface area contributed by atoms with Crippen LogP contribution >= 0.6 is 0 Å². The molecule has 0 saturated carbocycles. The molecule has 1 fully saturated rings. The molecule has 0 radical (unpaired) electrons. The molecule has 1 saturated heterocycles. The molecule has 0 spiro atoms. The van der Waals surface area contributed by atoms with Crippen LogP contribution in [0.25, 0.3) is 0 Å². The van der Waals surface area contributed by atoms with E-state index in [2.05, 4.69) is 5.16 Å². The Bertz CT molecular complexity index is 209. The first-order valence-corrected chi connectivity index (χ1v) is 4.48. The van der Waals surface area contributed by atoms with Crippen LogP contribution in [0, 0.1) is 0 Å². The number of likely N-dealkylation sites (tertiary alicyclic amines) is 1. The third-order valence-corrected chi connectivity index (χ3v) is 2.17. The average Bonchev–Trinajstić information content (AvgIpc) is 2.19. The largest absolute Gasteiger partial charge is 0.409 e. The molecule has 1 rings (SSSR count). The molecule has 1 amide bonds. The number of nitrogens with two attached hydrogens (primary N) is 1. The molecule has 13 heavy (non-hydrogen) atoms. The molecule has 1 aliphatic heterocycles. The van der Waals surface area contributed by atoms with E-state index in [-0.39, 0.29) is 18.2 Å². The van der Waals surface area contributed by atoms with Crippen LogP contribution in [0.5, 0.6) is 0 Å². The molecule has 0 bridgehead atoms.